The van der Waals surface area contributed by atoms with Gasteiger partial charge in [0.2, 0.25) is 5.95 Å². The molecule has 1 N–H and O–H groups in total. The molecule has 0 bridgehead atoms. The van der Waals surface area contributed by atoms with E-state index in [1.165, 1.54) is 12.3 Å². The van der Waals surface area contributed by atoms with E-state index in [2.05, 4.69) is 10.3 Å². The Morgan fingerprint density at radius 3 is 2.59 bits per heavy atom. The number of halogens is 1. The molecule has 1 aromatic carbocycles. The van der Waals surface area contributed by atoms with E-state index in [9.17, 15) is 9.18 Å². The van der Waals surface area contributed by atoms with Gasteiger partial charge < -0.3 is 5.32 Å². The number of rotatable bonds is 2. The van der Waals surface area contributed by atoms with Crippen LogP contribution in [-0.4, -0.2) is 10.9 Å². The number of amides is 1. The third-order valence-electron chi connectivity index (χ3n) is 2.30. The van der Waals surface area contributed by atoms with Crippen LogP contribution in [0.1, 0.15) is 15.9 Å². The Labute approximate surface area is 98.3 Å². The molecule has 1 aromatic heterocycles. The Balaban J connectivity index is 2.14. The summed E-state index contributed by atoms with van der Waals surface area (Å²) in [4.78, 5) is 15.1. The maximum Gasteiger partial charge on any atom is 0.255 e. The van der Waals surface area contributed by atoms with Gasteiger partial charge in [-0.25, -0.2) is 4.98 Å². The van der Waals surface area contributed by atoms with Crippen LogP contribution in [0.3, 0.4) is 0 Å². The van der Waals surface area contributed by atoms with Gasteiger partial charge in [-0.3, -0.25) is 4.79 Å². The van der Waals surface area contributed by atoms with Gasteiger partial charge in [-0.15, -0.1) is 0 Å². The lowest BCUT2D eigenvalue weighted by atomic mass is 10.2. The van der Waals surface area contributed by atoms with Crippen LogP contribution in [0.15, 0.2) is 42.6 Å². The van der Waals surface area contributed by atoms with E-state index >= 15 is 0 Å². The zero-order valence-corrected chi connectivity index (χ0v) is 9.27. The molecule has 1 heterocycles. The van der Waals surface area contributed by atoms with Gasteiger partial charge in [-0.2, -0.15) is 4.39 Å². The highest BCUT2D eigenvalue weighted by Gasteiger charge is 2.06. The Bertz CT molecular complexity index is 537. The van der Waals surface area contributed by atoms with Crippen molar-refractivity contribution in [2.75, 3.05) is 5.32 Å². The first kappa shape index (κ1) is 11.3. The van der Waals surface area contributed by atoms with Crippen molar-refractivity contribution in [3.63, 3.8) is 0 Å². The van der Waals surface area contributed by atoms with Gasteiger partial charge in [0, 0.05) is 23.5 Å². The standard InChI is InChI=1S/C13H11FN2O/c1-9-2-4-11(5-3-9)16-13(17)10-6-7-15-12(14)8-10/h2-8H,1H3,(H,16,17). The largest absolute Gasteiger partial charge is 0.322 e. The number of nitrogens with one attached hydrogen (secondary N) is 1. The van der Waals surface area contributed by atoms with Crippen molar-refractivity contribution in [3.8, 4) is 0 Å². The number of hydrogen-bond donors (Lipinski definition) is 1. The fraction of sp³-hybridized carbons (Fsp3) is 0.0769. The van der Waals surface area contributed by atoms with E-state index in [1.807, 2.05) is 19.1 Å². The normalized spacial score (nSPS) is 10.0. The van der Waals surface area contributed by atoms with E-state index in [0.29, 0.717) is 5.69 Å². The van der Waals surface area contributed by atoms with Gasteiger partial charge in [0.25, 0.3) is 5.91 Å². The predicted octanol–water partition coefficient (Wildman–Crippen LogP) is 2.78. The van der Waals surface area contributed by atoms with E-state index in [1.54, 1.807) is 12.1 Å². The van der Waals surface area contributed by atoms with Gasteiger partial charge in [0.1, 0.15) is 0 Å². The van der Waals surface area contributed by atoms with Crippen molar-refractivity contribution in [2.24, 2.45) is 0 Å². The number of carbonyl (C=O) groups excluding carboxylic acids is 1. The first-order valence-corrected chi connectivity index (χ1v) is 5.15. The molecule has 0 atom stereocenters. The van der Waals surface area contributed by atoms with Crippen LogP contribution in [0.5, 0.6) is 0 Å². The Morgan fingerprint density at radius 2 is 1.94 bits per heavy atom. The zero-order valence-electron chi connectivity index (χ0n) is 9.27. The van der Waals surface area contributed by atoms with Crippen LogP contribution in [0.25, 0.3) is 0 Å². The monoisotopic (exact) mass is 230 g/mol. The first-order chi connectivity index (χ1) is 8.15. The lowest BCUT2D eigenvalue weighted by Crippen LogP contribution is -2.12. The summed E-state index contributed by atoms with van der Waals surface area (Å²) >= 11 is 0. The van der Waals surface area contributed by atoms with Gasteiger partial charge in [-0.1, -0.05) is 17.7 Å². The van der Waals surface area contributed by atoms with Gasteiger partial charge in [-0.05, 0) is 25.1 Å². The first-order valence-electron chi connectivity index (χ1n) is 5.15. The molecule has 0 radical (unpaired) electrons. The van der Waals surface area contributed by atoms with E-state index < -0.39 is 5.95 Å². The maximum absolute atomic E-state index is 12.8. The number of carbonyl (C=O) groups is 1. The molecular formula is C13H11FN2O. The molecule has 0 spiro atoms. The molecule has 3 nitrogen and oxygen atoms in total. The second-order valence-corrected chi connectivity index (χ2v) is 3.69. The number of pyridine rings is 1. The van der Waals surface area contributed by atoms with Crippen molar-refractivity contribution < 1.29 is 9.18 Å². The summed E-state index contributed by atoms with van der Waals surface area (Å²) in [6.07, 6.45) is 1.26. The number of aromatic nitrogens is 1. The summed E-state index contributed by atoms with van der Waals surface area (Å²) < 4.78 is 12.8. The summed E-state index contributed by atoms with van der Waals surface area (Å²) in [7, 11) is 0. The molecule has 0 aliphatic heterocycles. The summed E-state index contributed by atoms with van der Waals surface area (Å²) in [5, 5.41) is 2.68. The predicted molar refractivity (Wildman–Crippen MR) is 63.3 cm³/mol. The summed E-state index contributed by atoms with van der Waals surface area (Å²) in [6, 6.07) is 9.94. The van der Waals surface area contributed by atoms with E-state index in [0.717, 1.165) is 11.6 Å². The molecular weight excluding hydrogens is 219 g/mol. The van der Waals surface area contributed by atoms with Crippen LogP contribution >= 0.6 is 0 Å². The van der Waals surface area contributed by atoms with E-state index in [-0.39, 0.29) is 11.5 Å². The van der Waals surface area contributed by atoms with Crippen LogP contribution in [0.4, 0.5) is 10.1 Å². The minimum atomic E-state index is -0.665. The molecule has 17 heavy (non-hydrogen) atoms. The van der Waals surface area contributed by atoms with Crippen molar-refractivity contribution >= 4 is 11.6 Å². The molecule has 2 aromatic rings. The lowest BCUT2D eigenvalue weighted by Gasteiger charge is -2.05. The van der Waals surface area contributed by atoms with Crippen molar-refractivity contribution in [1.29, 1.82) is 0 Å². The number of nitrogens with zero attached hydrogens (tertiary/aromatic N) is 1. The van der Waals surface area contributed by atoms with Gasteiger partial charge in [0.15, 0.2) is 0 Å². The van der Waals surface area contributed by atoms with Crippen LogP contribution in [-0.2, 0) is 0 Å². The lowest BCUT2D eigenvalue weighted by molar-refractivity contribution is 0.102. The Hall–Kier alpha value is -2.23. The fourth-order valence-corrected chi connectivity index (χ4v) is 1.38. The quantitative estimate of drug-likeness (QED) is 0.806. The van der Waals surface area contributed by atoms with Crippen molar-refractivity contribution in [3.05, 3.63) is 59.7 Å². The topological polar surface area (TPSA) is 42.0 Å². The summed E-state index contributed by atoms with van der Waals surface area (Å²) in [6.45, 7) is 1.96. The zero-order chi connectivity index (χ0) is 12.3. The van der Waals surface area contributed by atoms with Gasteiger partial charge in [0.05, 0.1) is 0 Å². The molecule has 4 heteroatoms. The minimum absolute atomic E-state index is 0.248. The number of aryl methyl sites for hydroxylation is 1. The molecule has 0 saturated heterocycles. The third kappa shape index (κ3) is 2.87. The third-order valence-corrected chi connectivity index (χ3v) is 2.30. The molecule has 1 amide bonds. The highest BCUT2D eigenvalue weighted by Crippen LogP contribution is 2.10. The average Bonchev–Trinajstić information content (AvgIpc) is 2.32. The van der Waals surface area contributed by atoms with Gasteiger partial charge >= 0.3 is 0 Å². The molecule has 0 unspecified atom stereocenters. The van der Waals surface area contributed by atoms with Crippen molar-refractivity contribution in [2.45, 2.75) is 6.92 Å². The molecule has 2 rings (SSSR count). The van der Waals surface area contributed by atoms with E-state index in [4.69, 9.17) is 0 Å². The summed E-state index contributed by atoms with van der Waals surface area (Å²) in [5.41, 5.74) is 2.04. The second-order valence-electron chi connectivity index (χ2n) is 3.69. The fourth-order valence-electron chi connectivity index (χ4n) is 1.38. The van der Waals surface area contributed by atoms with Crippen molar-refractivity contribution in [1.82, 2.24) is 4.98 Å². The molecule has 0 aliphatic carbocycles. The molecule has 0 saturated carbocycles. The Kier molecular flexibility index (Phi) is 3.14. The van der Waals surface area contributed by atoms with Crippen LogP contribution in [0, 0.1) is 12.9 Å². The van der Waals surface area contributed by atoms with Crippen LogP contribution in [0.2, 0.25) is 0 Å². The smallest absolute Gasteiger partial charge is 0.255 e. The maximum atomic E-state index is 12.8. The molecule has 0 aliphatic rings. The number of hydrogen-bond acceptors (Lipinski definition) is 2. The minimum Gasteiger partial charge on any atom is -0.322 e. The summed E-state index contributed by atoms with van der Waals surface area (Å²) in [5.74, 6) is -1.02. The highest BCUT2D eigenvalue weighted by molar-refractivity contribution is 6.04. The SMILES string of the molecule is Cc1ccc(NC(=O)c2ccnc(F)c2)cc1. The number of benzene rings is 1. The molecule has 86 valence electrons. The average molecular weight is 230 g/mol. The van der Waals surface area contributed by atoms with Crippen LogP contribution < -0.4 is 5.32 Å². The Morgan fingerprint density at radius 1 is 1.24 bits per heavy atom. The molecule has 0 fully saturated rings. The number of anilines is 1. The highest BCUT2D eigenvalue weighted by atomic mass is 19.1. The second kappa shape index (κ2) is 4.74.